The summed E-state index contributed by atoms with van der Waals surface area (Å²) in [4.78, 5) is 0.965. The number of nitriles is 2. The van der Waals surface area contributed by atoms with Crippen LogP contribution in [0.4, 0.5) is 5.69 Å². The van der Waals surface area contributed by atoms with Gasteiger partial charge in [0.15, 0.2) is 0 Å². The van der Waals surface area contributed by atoms with Crippen LogP contribution in [0.15, 0.2) is 47.5 Å². The predicted octanol–water partition coefficient (Wildman–Crippen LogP) is 5.38. The van der Waals surface area contributed by atoms with Gasteiger partial charge in [0, 0.05) is 23.5 Å². The first kappa shape index (κ1) is 18.4. The smallest absolute Gasteiger partial charge is 0.101 e. The summed E-state index contributed by atoms with van der Waals surface area (Å²) in [6.45, 7) is 6.01. The molecule has 0 amide bonds. The van der Waals surface area contributed by atoms with E-state index in [2.05, 4.69) is 16.9 Å². The van der Waals surface area contributed by atoms with Crippen LogP contribution in [0.3, 0.4) is 0 Å². The third-order valence-corrected chi connectivity index (χ3v) is 4.51. The standard InChI is InChI=1S/C18H14N4S.C2H6/c1-12-6-7-16(18-17(12)14(10-20)11-22(18)2)21-23-15-5-3-4-13(8-15)9-19;1-2/h3-8,11,21H,1-2H3;1-2H3. The van der Waals surface area contributed by atoms with Crippen LogP contribution < -0.4 is 4.72 Å². The molecule has 0 aliphatic heterocycles. The lowest BCUT2D eigenvalue weighted by Crippen LogP contribution is -1.93. The third kappa shape index (κ3) is 3.79. The fourth-order valence-electron chi connectivity index (χ4n) is 2.63. The molecule has 0 aliphatic carbocycles. The highest BCUT2D eigenvalue weighted by atomic mass is 32.2. The Morgan fingerprint density at radius 3 is 2.52 bits per heavy atom. The van der Waals surface area contributed by atoms with Gasteiger partial charge in [-0.3, -0.25) is 0 Å². The first-order chi connectivity index (χ1) is 12.1. The van der Waals surface area contributed by atoms with E-state index in [1.807, 2.05) is 68.9 Å². The van der Waals surface area contributed by atoms with Crippen molar-refractivity contribution in [2.24, 2.45) is 7.05 Å². The molecular weight excluding hydrogens is 328 g/mol. The summed E-state index contributed by atoms with van der Waals surface area (Å²) in [5.41, 5.74) is 4.35. The Kier molecular flexibility index (Phi) is 6.11. The second-order valence-electron chi connectivity index (χ2n) is 5.26. The van der Waals surface area contributed by atoms with Crippen molar-refractivity contribution in [3.8, 4) is 12.1 Å². The lowest BCUT2D eigenvalue weighted by molar-refractivity contribution is 0.968. The Morgan fingerprint density at radius 1 is 1.08 bits per heavy atom. The van der Waals surface area contributed by atoms with Gasteiger partial charge in [-0.1, -0.05) is 26.0 Å². The largest absolute Gasteiger partial charge is 0.347 e. The van der Waals surface area contributed by atoms with Crippen LogP contribution in [0, 0.1) is 29.6 Å². The van der Waals surface area contributed by atoms with E-state index in [4.69, 9.17) is 5.26 Å². The van der Waals surface area contributed by atoms with Gasteiger partial charge in [0.2, 0.25) is 0 Å². The first-order valence-corrected chi connectivity index (χ1v) is 8.87. The molecule has 1 aromatic heterocycles. The van der Waals surface area contributed by atoms with E-state index in [9.17, 15) is 5.26 Å². The Hall–Kier alpha value is -2.89. The van der Waals surface area contributed by atoms with Crippen molar-refractivity contribution in [1.82, 2.24) is 4.57 Å². The maximum absolute atomic E-state index is 9.31. The minimum atomic E-state index is 0.636. The fourth-order valence-corrected chi connectivity index (χ4v) is 3.36. The zero-order valence-electron chi connectivity index (χ0n) is 14.8. The molecule has 0 saturated carbocycles. The van der Waals surface area contributed by atoms with Crippen molar-refractivity contribution in [2.45, 2.75) is 25.7 Å². The molecule has 0 fully saturated rings. The van der Waals surface area contributed by atoms with E-state index < -0.39 is 0 Å². The molecule has 0 aliphatic rings. The average Bonchev–Trinajstić information content (AvgIpc) is 3.01. The van der Waals surface area contributed by atoms with Crippen LogP contribution in [0.5, 0.6) is 0 Å². The zero-order chi connectivity index (χ0) is 18.4. The Bertz CT molecular complexity index is 974. The summed E-state index contributed by atoms with van der Waals surface area (Å²) in [5, 5.41) is 19.3. The third-order valence-electron chi connectivity index (χ3n) is 3.69. The van der Waals surface area contributed by atoms with Crippen LogP contribution in [0.2, 0.25) is 0 Å². The number of anilines is 1. The number of hydrogen-bond donors (Lipinski definition) is 1. The molecule has 25 heavy (non-hydrogen) atoms. The second-order valence-corrected chi connectivity index (χ2v) is 6.14. The monoisotopic (exact) mass is 348 g/mol. The number of hydrogen-bond acceptors (Lipinski definition) is 4. The number of aryl methyl sites for hydroxylation is 2. The zero-order valence-corrected chi connectivity index (χ0v) is 15.6. The predicted molar refractivity (Wildman–Crippen MR) is 104 cm³/mol. The van der Waals surface area contributed by atoms with Gasteiger partial charge in [0.05, 0.1) is 28.4 Å². The molecule has 1 heterocycles. The summed E-state index contributed by atoms with van der Waals surface area (Å²) in [6, 6.07) is 15.9. The minimum absolute atomic E-state index is 0.636. The molecule has 5 heteroatoms. The quantitative estimate of drug-likeness (QED) is 0.646. The van der Waals surface area contributed by atoms with Crippen LogP contribution in [-0.2, 0) is 7.05 Å². The van der Waals surface area contributed by atoms with Crippen molar-refractivity contribution in [3.63, 3.8) is 0 Å². The normalized spacial score (nSPS) is 9.68. The highest BCUT2D eigenvalue weighted by Crippen LogP contribution is 2.33. The molecule has 0 spiro atoms. The van der Waals surface area contributed by atoms with Crippen molar-refractivity contribution < 1.29 is 0 Å². The van der Waals surface area contributed by atoms with Gasteiger partial charge in [0.1, 0.15) is 6.07 Å². The molecule has 4 nitrogen and oxygen atoms in total. The number of fused-ring (bicyclic) bond motifs is 1. The van der Waals surface area contributed by atoms with Crippen LogP contribution in [0.1, 0.15) is 30.5 Å². The van der Waals surface area contributed by atoms with Crippen LogP contribution in [-0.4, -0.2) is 4.57 Å². The van der Waals surface area contributed by atoms with Gasteiger partial charge in [-0.05, 0) is 48.7 Å². The van der Waals surface area contributed by atoms with Crippen molar-refractivity contribution >= 4 is 28.5 Å². The van der Waals surface area contributed by atoms with Gasteiger partial charge < -0.3 is 9.29 Å². The summed E-state index contributed by atoms with van der Waals surface area (Å²) in [7, 11) is 1.94. The molecule has 2 aromatic carbocycles. The number of aromatic nitrogens is 1. The number of rotatable bonds is 3. The molecule has 126 valence electrons. The van der Waals surface area contributed by atoms with E-state index >= 15 is 0 Å². The van der Waals surface area contributed by atoms with Gasteiger partial charge in [-0.25, -0.2) is 0 Å². The summed E-state index contributed by atoms with van der Waals surface area (Å²) >= 11 is 1.45. The molecule has 0 atom stereocenters. The van der Waals surface area contributed by atoms with Gasteiger partial charge >= 0.3 is 0 Å². The molecule has 3 aromatic rings. The lowest BCUT2D eigenvalue weighted by atomic mass is 10.1. The number of benzene rings is 2. The van der Waals surface area contributed by atoms with Crippen LogP contribution >= 0.6 is 11.9 Å². The SMILES string of the molecule is CC.Cc1ccc(NSc2cccc(C#N)c2)c2c1c(C#N)cn2C. The molecule has 1 N–H and O–H groups in total. The number of nitrogens with one attached hydrogen (secondary N) is 1. The van der Waals surface area contributed by atoms with E-state index in [1.54, 1.807) is 6.07 Å². The van der Waals surface area contributed by atoms with Gasteiger partial charge in [0.25, 0.3) is 0 Å². The molecule has 0 bridgehead atoms. The highest BCUT2D eigenvalue weighted by Gasteiger charge is 2.13. The molecular formula is C20H20N4S. The van der Waals surface area contributed by atoms with E-state index in [1.165, 1.54) is 11.9 Å². The van der Waals surface area contributed by atoms with E-state index in [0.29, 0.717) is 11.1 Å². The van der Waals surface area contributed by atoms with E-state index in [0.717, 1.165) is 27.0 Å². The number of nitrogens with zero attached hydrogens (tertiary/aromatic N) is 3. The fraction of sp³-hybridized carbons (Fsp3) is 0.200. The van der Waals surface area contributed by atoms with Gasteiger partial charge in [-0.2, -0.15) is 10.5 Å². The van der Waals surface area contributed by atoms with Crippen molar-refractivity contribution in [3.05, 3.63) is 59.3 Å². The van der Waals surface area contributed by atoms with Crippen molar-refractivity contribution in [2.75, 3.05) is 4.72 Å². The maximum atomic E-state index is 9.31. The molecule has 0 radical (unpaired) electrons. The Morgan fingerprint density at radius 2 is 1.84 bits per heavy atom. The molecule has 0 unspecified atom stereocenters. The van der Waals surface area contributed by atoms with E-state index in [-0.39, 0.29) is 0 Å². The summed E-state index contributed by atoms with van der Waals surface area (Å²) in [6.07, 6.45) is 1.85. The molecule has 3 rings (SSSR count). The lowest BCUT2D eigenvalue weighted by Gasteiger charge is -2.10. The summed E-state index contributed by atoms with van der Waals surface area (Å²) in [5.74, 6) is 0. The summed E-state index contributed by atoms with van der Waals surface area (Å²) < 4.78 is 5.31. The minimum Gasteiger partial charge on any atom is -0.347 e. The highest BCUT2D eigenvalue weighted by molar-refractivity contribution is 8.00. The Balaban J connectivity index is 0.00000109. The molecule has 0 saturated heterocycles. The van der Waals surface area contributed by atoms with Gasteiger partial charge in [-0.15, -0.1) is 0 Å². The average molecular weight is 348 g/mol. The van der Waals surface area contributed by atoms with Crippen molar-refractivity contribution in [1.29, 1.82) is 10.5 Å². The van der Waals surface area contributed by atoms with Crippen LogP contribution in [0.25, 0.3) is 10.9 Å². The maximum Gasteiger partial charge on any atom is 0.101 e. The second kappa shape index (κ2) is 8.28. The topological polar surface area (TPSA) is 64.5 Å². The Labute approximate surface area is 152 Å². The first-order valence-electron chi connectivity index (χ1n) is 8.06.